The maximum absolute atomic E-state index is 11.8. The van der Waals surface area contributed by atoms with E-state index >= 15 is 0 Å². The lowest BCUT2D eigenvalue weighted by molar-refractivity contribution is 0.0991. The van der Waals surface area contributed by atoms with Gasteiger partial charge in [-0.05, 0) is 43.7 Å². The first kappa shape index (κ1) is 11.1. The molecule has 1 aromatic carbocycles. The number of Topliss-reactive ketones (excluding diaryl/α,β-unsaturated/α-hetero) is 1. The summed E-state index contributed by atoms with van der Waals surface area (Å²) in [6.45, 7) is 5.41. The highest BCUT2D eigenvalue weighted by molar-refractivity contribution is 5.98. The Labute approximate surface area is 96.2 Å². The van der Waals surface area contributed by atoms with E-state index in [4.69, 9.17) is 0 Å². The molecule has 0 spiro atoms. The first-order valence-electron chi connectivity index (χ1n) is 5.84. The molecule has 0 aromatic heterocycles. The van der Waals surface area contributed by atoms with Crippen LogP contribution in [0.5, 0.6) is 0 Å². The van der Waals surface area contributed by atoms with Gasteiger partial charge in [0.05, 0.1) is 6.54 Å². The molecule has 1 aromatic rings. The maximum atomic E-state index is 11.8. The number of anilines is 1. The molecule has 0 fully saturated rings. The van der Waals surface area contributed by atoms with Crippen molar-refractivity contribution in [3.8, 4) is 0 Å². The highest BCUT2D eigenvalue weighted by Gasteiger charge is 2.17. The van der Waals surface area contributed by atoms with E-state index in [0.717, 1.165) is 18.5 Å². The van der Waals surface area contributed by atoms with Crippen LogP contribution in [0.15, 0.2) is 18.2 Å². The van der Waals surface area contributed by atoms with Gasteiger partial charge in [-0.3, -0.25) is 4.79 Å². The summed E-state index contributed by atoms with van der Waals surface area (Å²) < 4.78 is 0. The molecule has 0 saturated carbocycles. The van der Waals surface area contributed by atoms with Crippen LogP contribution in [0.2, 0.25) is 0 Å². The lowest BCUT2D eigenvalue weighted by Crippen LogP contribution is -2.22. The summed E-state index contributed by atoms with van der Waals surface area (Å²) in [5.41, 5.74) is 3.25. The van der Waals surface area contributed by atoms with Gasteiger partial charge in [0.25, 0.3) is 0 Å². The predicted molar refractivity (Wildman–Crippen MR) is 66.1 cm³/mol. The number of carbonyl (C=O) groups is 1. The smallest absolute Gasteiger partial charge is 0.176 e. The molecule has 0 aliphatic carbocycles. The van der Waals surface area contributed by atoms with Gasteiger partial charge in [-0.25, -0.2) is 0 Å². The third kappa shape index (κ3) is 2.25. The number of rotatable bonds is 4. The van der Waals surface area contributed by atoms with Crippen LogP contribution in [0, 0.1) is 0 Å². The molecular weight excluding hydrogens is 200 g/mol. The fraction of sp³-hybridized carbons (Fsp3) is 0.462. The van der Waals surface area contributed by atoms with Gasteiger partial charge >= 0.3 is 0 Å². The van der Waals surface area contributed by atoms with Crippen LogP contribution >= 0.6 is 0 Å². The minimum Gasteiger partial charge on any atom is -0.382 e. The van der Waals surface area contributed by atoms with Crippen molar-refractivity contribution < 1.29 is 4.79 Å². The van der Waals surface area contributed by atoms with Crippen molar-refractivity contribution >= 4 is 11.5 Å². The highest BCUT2D eigenvalue weighted by atomic mass is 16.1. The topological polar surface area (TPSA) is 41.1 Å². The van der Waals surface area contributed by atoms with E-state index in [9.17, 15) is 4.79 Å². The molecule has 1 aliphatic heterocycles. The lowest BCUT2D eigenvalue weighted by atomic mass is 10.0. The number of nitrogens with one attached hydrogen (secondary N) is 2. The zero-order valence-corrected chi connectivity index (χ0v) is 9.84. The Morgan fingerprint density at radius 3 is 3.12 bits per heavy atom. The van der Waals surface area contributed by atoms with Crippen molar-refractivity contribution in [2.45, 2.75) is 26.3 Å². The number of fused-ring (bicyclic) bond motifs is 1. The monoisotopic (exact) mass is 218 g/mol. The molecule has 2 N–H and O–H groups in total. The molecule has 1 atom stereocenters. The van der Waals surface area contributed by atoms with Gasteiger partial charge in [0.2, 0.25) is 0 Å². The Morgan fingerprint density at radius 2 is 2.38 bits per heavy atom. The third-order valence-electron chi connectivity index (χ3n) is 2.89. The summed E-state index contributed by atoms with van der Waals surface area (Å²) in [6.07, 6.45) is 1.01. The number of hydrogen-bond donors (Lipinski definition) is 2. The predicted octanol–water partition coefficient (Wildman–Crippen LogP) is 1.84. The van der Waals surface area contributed by atoms with Crippen molar-refractivity contribution in [2.75, 3.05) is 18.4 Å². The minimum absolute atomic E-state index is 0.171. The van der Waals surface area contributed by atoms with Gasteiger partial charge in [-0.2, -0.15) is 0 Å². The standard InChI is InChI=1S/C13H18N2O/c1-3-14-8-13(16)10-4-5-12-11(7-10)6-9(2)15-12/h4-5,7,9,14-15H,3,6,8H2,1-2H3. The van der Waals surface area contributed by atoms with Gasteiger partial charge < -0.3 is 10.6 Å². The fourth-order valence-corrected chi connectivity index (χ4v) is 2.06. The molecule has 86 valence electrons. The summed E-state index contributed by atoms with van der Waals surface area (Å²) >= 11 is 0. The van der Waals surface area contributed by atoms with Crippen molar-refractivity contribution in [1.29, 1.82) is 0 Å². The van der Waals surface area contributed by atoms with Crippen LogP contribution in [0.3, 0.4) is 0 Å². The first-order valence-corrected chi connectivity index (χ1v) is 5.84. The highest BCUT2D eigenvalue weighted by Crippen LogP contribution is 2.26. The quantitative estimate of drug-likeness (QED) is 0.758. The minimum atomic E-state index is 0.171. The Kier molecular flexibility index (Phi) is 3.25. The van der Waals surface area contributed by atoms with Gasteiger partial charge in [0, 0.05) is 17.3 Å². The van der Waals surface area contributed by atoms with E-state index in [2.05, 4.69) is 17.6 Å². The van der Waals surface area contributed by atoms with E-state index in [-0.39, 0.29) is 5.78 Å². The van der Waals surface area contributed by atoms with Crippen LogP contribution in [0.4, 0.5) is 5.69 Å². The van der Waals surface area contributed by atoms with E-state index in [1.54, 1.807) is 0 Å². The van der Waals surface area contributed by atoms with E-state index in [1.165, 1.54) is 11.3 Å². The van der Waals surface area contributed by atoms with Crippen molar-refractivity contribution in [3.05, 3.63) is 29.3 Å². The average molecular weight is 218 g/mol. The second-order valence-corrected chi connectivity index (χ2v) is 4.32. The summed E-state index contributed by atoms with van der Waals surface area (Å²) in [7, 11) is 0. The second kappa shape index (κ2) is 4.66. The Morgan fingerprint density at radius 1 is 1.56 bits per heavy atom. The molecule has 2 rings (SSSR count). The number of benzene rings is 1. The van der Waals surface area contributed by atoms with E-state index in [1.807, 2.05) is 25.1 Å². The maximum Gasteiger partial charge on any atom is 0.176 e. The zero-order valence-electron chi connectivity index (χ0n) is 9.84. The van der Waals surface area contributed by atoms with Gasteiger partial charge in [-0.1, -0.05) is 6.92 Å². The summed E-state index contributed by atoms with van der Waals surface area (Å²) in [6, 6.07) is 6.42. The normalized spacial score (nSPS) is 18.0. The van der Waals surface area contributed by atoms with Gasteiger partial charge in [-0.15, -0.1) is 0 Å². The second-order valence-electron chi connectivity index (χ2n) is 4.32. The molecule has 0 radical (unpaired) electrons. The van der Waals surface area contributed by atoms with Crippen LogP contribution in [-0.4, -0.2) is 24.9 Å². The third-order valence-corrected chi connectivity index (χ3v) is 2.89. The molecule has 0 amide bonds. The number of hydrogen-bond acceptors (Lipinski definition) is 3. The Balaban J connectivity index is 2.13. The lowest BCUT2D eigenvalue weighted by Gasteiger charge is -2.04. The number of carbonyl (C=O) groups excluding carboxylic acids is 1. The Bertz CT molecular complexity index is 401. The number of ketones is 1. The Hall–Kier alpha value is -1.35. The van der Waals surface area contributed by atoms with E-state index < -0.39 is 0 Å². The number of likely N-dealkylation sites (N-methyl/N-ethyl adjacent to an activating group) is 1. The zero-order chi connectivity index (χ0) is 11.5. The summed E-state index contributed by atoms with van der Waals surface area (Å²) in [5.74, 6) is 0.171. The fourth-order valence-electron chi connectivity index (χ4n) is 2.06. The molecule has 1 aliphatic rings. The summed E-state index contributed by atoms with van der Waals surface area (Å²) in [5, 5.41) is 6.44. The molecule has 0 bridgehead atoms. The SMILES string of the molecule is CCNCC(=O)c1ccc2c(c1)CC(C)N2. The van der Waals surface area contributed by atoms with Crippen molar-refractivity contribution in [3.63, 3.8) is 0 Å². The van der Waals surface area contributed by atoms with Crippen LogP contribution in [0.1, 0.15) is 29.8 Å². The van der Waals surface area contributed by atoms with Gasteiger partial charge in [0.1, 0.15) is 0 Å². The largest absolute Gasteiger partial charge is 0.382 e. The molecule has 1 heterocycles. The van der Waals surface area contributed by atoms with Crippen LogP contribution < -0.4 is 10.6 Å². The van der Waals surface area contributed by atoms with Crippen molar-refractivity contribution in [1.82, 2.24) is 5.32 Å². The van der Waals surface area contributed by atoms with E-state index in [0.29, 0.717) is 12.6 Å². The molecule has 16 heavy (non-hydrogen) atoms. The summed E-state index contributed by atoms with van der Waals surface area (Å²) in [4.78, 5) is 11.8. The molecule has 3 heteroatoms. The molecule has 0 saturated heterocycles. The molecular formula is C13H18N2O. The van der Waals surface area contributed by atoms with Crippen LogP contribution in [-0.2, 0) is 6.42 Å². The first-order chi connectivity index (χ1) is 7.70. The molecule has 1 unspecified atom stereocenters. The molecule has 3 nitrogen and oxygen atoms in total. The van der Waals surface area contributed by atoms with Gasteiger partial charge in [0.15, 0.2) is 5.78 Å². The average Bonchev–Trinajstić information content (AvgIpc) is 2.64. The van der Waals surface area contributed by atoms with Crippen molar-refractivity contribution in [2.24, 2.45) is 0 Å². The van der Waals surface area contributed by atoms with Crippen LogP contribution in [0.25, 0.3) is 0 Å².